The van der Waals surface area contributed by atoms with Gasteiger partial charge in [-0.3, -0.25) is 0 Å². The number of hydrogen-bond donors (Lipinski definition) is 4. The van der Waals surface area contributed by atoms with Gasteiger partial charge in [0.25, 0.3) is 0 Å². The average Bonchev–Trinajstić information content (AvgIpc) is 2.60. The zero-order valence-corrected chi connectivity index (χ0v) is 21.3. The van der Waals surface area contributed by atoms with Crippen molar-refractivity contribution in [2.24, 2.45) is 22.7 Å². The van der Waals surface area contributed by atoms with Crippen molar-refractivity contribution in [2.75, 3.05) is 13.2 Å². The summed E-state index contributed by atoms with van der Waals surface area (Å²) in [6, 6.07) is 5.20. The maximum atomic E-state index is 10.4. The first-order valence-corrected chi connectivity index (χ1v) is 11.3. The van der Waals surface area contributed by atoms with Crippen LogP contribution < -0.4 is 0 Å². The van der Waals surface area contributed by atoms with Crippen molar-refractivity contribution in [1.82, 2.24) is 0 Å². The number of carboxylic acids is 2. The van der Waals surface area contributed by atoms with Crippen molar-refractivity contribution < 1.29 is 30.0 Å². The van der Waals surface area contributed by atoms with Crippen LogP contribution in [-0.4, -0.2) is 45.6 Å². The highest BCUT2D eigenvalue weighted by Gasteiger charge is 2.15. The Hall–Kier alpha value is -1.92. The molecule has 0 heterocycles. The Kier molecular flexibility index (Phi) is 15.9. The molecular formula is C26H46O6. The first kappa shape index (κ1) is 32.3. The maximum absolute atomic E-state index is 10.4. The Morgan fingerprint density at radius 3 is 1.28 bits per heavy atom. The zero-order chi connectivity index (χ0) is 25.5. The zero-order valence-electron chi connectivity index (χ0n) is 21.3. The third-order valence-electron chi connectivity index (χ3n) is 4.52. The smallest absolute Gasteiger partial charge is 0.335 e. The minimum absolute atomic E-state index is 0.0186. The quantitative estimate of drug-likeness (QED) is 0.385. The molecule has 6 heteroatoms. The van der Waals surface area contributed by atoms with Gasteiger partial charge in [-0.1, -0.05) is 61.5 Å². The minimum Gasteiger partial charge on any atom is -0.478 e. The molecule has 0 amide bonds. The van der Waals surface area contributed by atoms with Crippen LogP contribution in [0.25, 0.3) is 0 Å². The van der Waals surface area contributed by atoms with Crippen LogP contribution in [0, 0.1) is 22.7 Å². The second kappa shape index (κ2) is 15.8. The van der Waals surface area contributed by atoms with E-state index in [1.165, 1.54) is 31.0 Å². The monoisotopic (exact) mass is 454 g/mol. The Labute approximate surface area is 194 Å². The molecule has 2 unspecified atom stereocenters. The molecule has 0 spiro atoms. The average molecular weight is 455 g/mol. The van der Waals surface area contributed by atoms with Crippen LogP contribution >= 0.6 is 0 Å². The van der Waals surface area contributed by atoms with E-state index < -0.39 is 11.9 Å². The van der Waals surface area contributed by atoms with Gasteiger partial charge in [-0.2, -0.15) is 0 Å². The van der Waals surface area contributed by atoms with Crippen LogP contribution in [0.15, 0.2) is 24.3 Å². The van der Waals surface area contributed by atoms with E-state index in [1.54, 1.807) is 0 Å². The minimum atomic E-state index is -1.13. The number of hydrogen-bond acceptors (Lipinski definition) is 4. The molecule has 0 bridgehead atoms. The molecule has 0 aromatic heterocycles. The molecule has 0 aliphatic rings. The molecule has 4 N–H and O–H groups in total. The molecule has 0 saturated carbocycles. The highest BCUT2D eigenvalue weighted by atomic mass is 16.4. The second-order valence-electron chi connectivity index (χ2n) is 11.0. The van der Waals surface area contributed by atoms with Gasteiger partial charge >= 0.3 is 11.9 Å². The number of rotatable bonds is 8. The van der Waals surface area contributed by atoms with E-state index in [-0.39, 0.29) is 11.1 Å². The fraction of sp³-hybridized carbons (Fsp3) is 0.692. The maximum Gasteiger partial charge on any atom is 0.335 e. The van der Waals surface area contributed by atoms with Crippen molar-refractivity contribution in [3.63, 3.8) is 0 Å². The summed E-state index contributed by atoms with van der Waals surface area (Å²) in [6.45, 7) is 18.5. The normalized spacial score (nSPS) is 13.1. The predicted octanol–water partition coefficient (Wildman–Crippen LogP) is 5.97. The third kappa shape index (κ3) is 20.0. The van der Waals surface area contributed by atoms with Gasteiger partial charge < -0.3 is 20.4 Å². The topological polar surface area (TPSA) is 115 Å². The van der Waals surface area contributed by atoms with Gasteiger partial charge in [0.2, 0.25) is 0 Å². The summed E-state index contributed by atoms with van der Waals surface area (Å²) < 4.78 is 0. The third-order valence-corrected chi connectivity index (χ3v) is 4.52. The van der Waals surface area contributed by atoms with Crippen LogP contribution in [0.1, 0.15) is 102 Å². The lowest BCUT2D eigenvalue weighted by Gasteiger charge is -2.22. The molecule has 1 aromatic rings. The molecule has 0 aliphatic carbocycles. The summed E-state index contributed by atoms with van der Waals surface area (Å²) in [4.78, 5) is 20.8. The van der Waals surface area contributed by atoms with E-state index in [1.807, 2.05) is 0 Å². The largest absolute Gasteiger partial charge is 0.478 e. The van der Waals surface area contributed by atoms with Crippen LogP contribution in [0.5, 0.6) is 0 Å². The fourth-order valence-corrected chi connectivity index (χ4v) is 3.52. The van der Waals surface area contributed by atoms with Crippen molar-refractivity contribution in [1.29, 1.82) is 0 Å². The first-order valence-electron chi connectivity index (χ1n) is 11.3. The lowest BCUT2D eigenvalue weighted by atomic mass is 9.84. The molecule has 0 saturated heterocycles. The fourth-order valence-electron chi connectivity index (χ4n) is 3.52. The van der Waals surface area contributed by atoms with Gasteiger partial charge in [0.1, 0.15) is 0 Å². The molecule has 1 rings (SSSR count). The van der Waals surface area contributed by atoms with Crippen LogP contribution in [-0.2, 0) is 0 Å². The van der Waals surface area contributed by atoms with E-state index in [9.17, 15) is 9.59 Å². The summed E-state index contributed by atoms with van der Waals surface area (Å²) in [7, 11) is 0. The Balaban J connectivity index is 0. The van der Waals surface area contributed by atoms with E-state index in [2.05, 4.69) is 55.4 Å². The summed E-state index contributed by atoms with van der Waals surface area (Å²) in [5.41, 5.74) is 0.785. The molecule has 1 aromatic carbocycles. The summed E-state index contributed by atoms with van der Waals surface area (Å²) in [6.07, 6.45) is 4.29. The standard InChI is InChI=1S/2C9H20O.C8H6O4/c2*1-8(5-6-10)7-9(2,3)4;9-7(10)5-2-1-3-6(4-5)8(11)12/h2*8,10H,5-7H2,1-4H3;1-4H,(H,9,10)(H,11,12). The van der Waals surface area contributed by atoms with Crippen molar-refractivity contribution >= 4 is 11.9 Å². The van der Waals surface area contributed by atoms with Crippen molar-refractivity contribution in [3.8, 4) is 0 Å². The first-order chi connectivity index (χ1) is 14.5. The molecule has 186 valence electrons. The number of benzene rings is 1. The lowest BCUT2D eigenvalue weighted by molar-refractivity contribution is 0.0696. The van der Waals surface area contributed by atoms with Gasteiger partial charge in [-0.05, 0) is 66.5 Å². The number of aliphatic hydroxyl groups excluding tert-OH is 2. The SMILES string of the molecule is CC(CCO)CC(C)(C)C.CC(CCO)CC(C)(C)C.O=C(O)c1cccc(C(=O)O)c1. The van der Waals surface area contributed by atoms with E-state index in [0.29, 0.717) is 35.9 Å². The number of carbonyl (C=O) groups is 2. The molecule has 0 aliphatic heterocycles. The van der Waals surface area contributed by atoms with E-state index >= 15 is 0 Å². The summed E-state index contributed by atoms with van der Waals surface area (Å²) >= 11 is 0. The summed E-state index contributed by atoms with van der Waals surface area (Å²) in [5, 5.41) is 34.3. The van der Waals surface area contributed by atoms with Gasteiger partial charge in [0.15, 0.2) is 0 Å². The molecule has 0 fully saturated rings. The predicted molar refractivity (Wildman–Crippen MR) is 130 cm³/mol. The Morgan fingerprint density at radius 2 is 1.06 bits per heavy atom. The Morgan fingerprint density at radius 1 is 0.750 bits per heavy atom. The van der Waals surface area contributed by atoms with Crippen LogP contribution in [0.3, 0.4) is 0 Å². The highest BCUT2D eigenvalue weighted by molar-refractivity contribution is 5.93. The number of carboxylic acid groups (broad SMARTS) is 2. The Bertz CT molecular complexity index is 602. The van der Waals surface area contributed by atoms with E-state index in [0.717, 1.165) is 18.9 Å². The number of aromatic carboxylic acids is 2. The highest BCUT2D eigenvalue weighted by Crippen LogP contribution is 2.26. The van der Waals surface area contributed by atoms with Gasteiger partial charge in [0.05, 0.1) is 11.1 Å². The second-order valence-corrected chi connectivity index (χ2v) is 11.0. The van der Waals surface area contributed by atoms with Crippen molar-refractivity contribution in [3.05, 3.63) is 35.4 Å². The molecule has 6 nitrogen and oxygen atoms in total. The molecule has 32 heavy (non-hydrogen) atoms. The molecule has 0 radical (unpaired) electrons. The van der Waals surface area contributed by atoms with Crippen LogP contribution in [0.2, 0.25) is 0 Å². The number of aliphatic hydroxyl groups is 2. The molecule has 2 atom stereocenters. The lowest BCUT2D eigenvalue weighted by Crippen LogP contribution is -2.11. The van der Waals surface area contributed by atoms with Crippen LogP contribution in [0.4, 0.5) is 0 Å². The van der Waals surface area contributed by atoms with Gasteiger partial charge in [-0.25, -0.2) is 9.59 Å². The van der Waals surface area contributed by atoms with Crippen molar-refractivity contribution in [2.45, 2.75) is 81.1 Å². The molecular weight excluding hydrogens is 408 g/mol. The van der Waals surface area contributed by atoms with Gasteiger partial charge in [-0.15, -0.1) is 0 Å². The summed E-state index contributed by atoms with van der Waals surface area (Å²) in [5.74, 6) is -0.939. The van der Waals surface area contributed by atoms with Gasteiger partial charge in [0, 0.05) is 13.2 Å². The van der Waals surface area contributed by atoms with E-state index in [4.69, 9.17) is 20.4 Å².